The molecule has 1 aromatic carbocycles. The summed E-state index contributed by atoms with van der Waals surface area (Å²) in [5.74, 6) is 0. The number of nitrogens with zero attached hydrogens (tertiary/aromatic N) is 2. The van der Waals surface area contributed by atoms with E-state index in [1.54, 1.807) is 0 Å². The Hall–Kier alpha value is -1.09. The van der Waals surface area contributed by atoms with Crippen molar-refractivity contribution in [3.05, 3.63) is 28.8 Å². The number of hydrogen-bond acceptors (Lipinski definition) is 3. The van der Waals surface area contributed by atoms with Crippen LogP contribution in [-0.2, 0) is 10.0 Å². The second-order valence-electron chi connectivity index (χ2n) is 4.71. The topological polar surface area (TPSA) is 61.2 Å². The van der Waals surface area contributed by atoms with Crippen LogP contribution in [0.4, 0.5) is 0 Å². The highest BCUT2D eigenvalue weighted by Gasteiger charge is 2.31. The smallest absolute Gasteiger partial charge is 0.207 e. The van der Waals surface area contributed by atoms with Crippen LogP contribution in [0.2, 0.25) is 5.02 Å². The molecule has 0 N–H and O–H groups in total. The zero-order valence-electron chi connectivity index (χ0n) is 10.6. The molecule has 1 atom stereocenters. The first-order valence-corrected chi connectivity index (χ1v) is 8.00. The number of hydrogen-bond donors (Lipinski definition) is 0. The molecular weight excluding hydrogens is 284 g/mol. The molecule has 0 amide bonds. The molecule has 0 radical (unpaired) electrons. The van der Waals surface area contributed by atoms with Gasteiger partial charge in [0, 0.05) is 12.6 Å². The predicted molar refractivity (Wildman–Crippen MR) is 73.4 cm³/mol. The maximum atomic E-state index is 12.5. The minimum Gasteiger partial charge on any atom is -0.207 e. The van der Waals surface area contributed by atoms with Gasteiger partial charge in [0.05, 0.1) is 15.5 Å². The van der Waals surface area contributed by atoms with E-state index in [9.17, 15) is 8.42 Å². The summed E-state index contributed by atoms with van der Waals surface area (Å²) in [7, 11) is -3.52. The predicted octanol–water partition coefficient (Wildman–Crippen LogP) is 2.77. The lowest BCUT2D eigenvalue weighted by Gasteiger charge is -2.32. The summed E-state index contributed by atoms with van der Waals surface area (Å²) < 4.78 is 26.6. The van der Waals surface area contributed by atoms with Gasteiger partial charge in [-0.25, -0.2) is 8.42 Å². The Bertz CT molecular complexity index is 622. The van der Waals surface area contributed by atoms with Gasteiger partial charge >= 0.3 is 0 Å². The van der Waals surface area contributed by atoms with Crippen molar-refractivity contribution in [3.63, 3.8) is 0 Å². The van der Waals surface area contributed by atoms with Crippen molar-refractivity contribution in [2.24, 2.45) is 0 Å². The fourth-order valence-corrected chi connectivity index (χ4v) is 4.32. The normalized spacial score (nSPS) is 21.0. The number of sulfonamides is 1. The third-order valence-corrected chi connectivity index (χ3v) is 5.73. The summed E-state index contributed by atoms with van der Waals surface area (Å²) >= 11 is 5.91. The van der Waals surface area contributed by atoms with Crippen LogP contribution in [0.1, 0.15) is 31.7 Å². The van der Waals surface area contributed by atoms with Crippen molar-refractivity contribution in [1.82, 2.24) is 4.31 Å². The fraction of sp³-hybridized carbons (Fsp3) is 0.462. The summed E-state index contributed by atoms with van der Waals surface area (Å²) in [5.41, 5.74) is 0.285. The van der Waals surface area contributed by atoms with Gasteiger partial charge in [0.15, 0.2) is 0 Å². The van der Waals surface area contributed by atoms with Gasteiger partial charge in [-0.2, -0.15) is 9.57 Å². The number of halogens is 1. The Balaban J connectivity index is 2.39. The van der Waals surface area contributed by atoms with Gasteiger partial charge in [0.1, 0.15) is 6.07 Å². The van der Waals surface area contributed by atoms with Crippen LogP contribution in [0.15, 0.2) is 23.1 Å². The summed E-state index contributed by atoms with van der Waals surface area (Å²) in [6, 6.07) is 6.18. The summed E-state index contributed by atoms with van der Waals surface area (Å²) in [5, 5.41) is 8.98. The Morgan fingerprint density at radius 1 is 1.42 bits per heavy atom. The quantitative estimate of drug-likeness (QED) is 0.843. The SMILES string of the molecule is CC1CCCCN1S(=O)(=O)c1ccc(C#N)c(Cl)c1. The zero-order chi connectivity index (χ0) is 14.0. The van der Waals surface area contributed by atoms with Gasteiger partial charge in [-0.15, -0.1) is 0 Å². The van der Waals surface area contributed by atoms with E-state index >= 15 is 0 Å². The van der Waals surface area contributed by atoms with Gasteiger partial charge < -0.3 is 0 Å². The number of piperidine rings is 1. The second-order valence-corrected chi connectivity index (χ2v) is 7.01. The van der Waals surface area contributed by atoms with E-state index in [2.05, 4.69) is 0 Å². The molecule has 4 nitrogen and oxygen atoms in total. The second kappa shape index (κ2) is 5.49. The van der Waals surface area contributed by atoms with Crippen LogP contribution in [0.3, 0.4) is 0 Å². The molecule has 0 aromatic heterocycles. The monoisotopic (exact) mass is 298 g/mol. The van der Waals surface area contributed by atoms with Crippen molar-refractivity contribution in [3.8, 4) is 6.07 Å². The lowest BCUT2D eigenvalue weighted by atomic mass is 10.1. The summed E-state index contributed by atoms with van der Waals surface area (Å²) in [6.45, 7) is 2.46. The Labute approximate surface area is 118 Å². The molecule has 19 heavy (non-hydrogen) atoms. The van der Waals surface area contributed by atoms with Crippen LogP contribution in [0.25, 0.3) is 0 Å². The van der Waals surface area contributed by atoms with E-state index in [1.807, 2.05) is 13.0 Å². The number of rotatable bonds is 2. The Morgan fingerprint density at radius 3 is 2.74 bits per heavy atom. The van der Waals surface area contributed by atoms with Gasteiger partial charge in [-0.3, -0.25) is 0 Å². The van der Waals surface area contributed by atoms with Crippen LogP contribution < -0.4 is 0 Å². The first-order valence-electron chi connectivity index (χ1n) is 6.18. The van der Waals surface area contributed by atoms with Crippen LogP contribution >= 0.6 is 11.6 Å². The molecule has 1 fully saturated rings. The van der Waals surface area contributed by atoms with E-state index in [4.69, 9.17) is 16.9 Å². The molecule has 1 aliphatic rings. The molecule has 0 spiro atoms. The van der Waals surface area contributed by atoms with E-state index in [-0.39, 0.29) is 21.5 Å². The van der Waals surface area contributed by atoms with Gasteiger partial charge in [0.2, 0.25) is 10.0 Å². The number of benzene rings is 1. The maximum Gasteiger partial charge on any atom is 0.243 e. The van der Waals surface area contributed by atoms with Crippen LogP contribution in [-0.4, -0.2) is 25.3 Å². The molecule has 102 valence electrons. The highest BCUT2D eigenvalue weighted by atomic mass is 35.5. The van der Waals surface area contributed by atoms with Gasteiger partial charge in [0.25, 0.3) is 0 Å². The maximum absolute atomic E-state index is 12.5. The summed E-state index contributed by atoms with van der Waals surface area (Å²) in [4.78, 5) is 0.158. The van der Waals surface area contributed by atoms with Crippen molar-refractivity contribution >= 4 is 21.6 Å². The lowest BCUT2D eigenvalue weighted by molar-refractivity contribution is 0.268. The molecule has 2 rings (SSSR count). The standard InChI is InChI=1S/C13H15ClN2O2S/c1-10-4-2-3-7-16(10)19(17,18)12-6-5-11(9-15)13(14)8-12/h5-6,8,10H,2-4,7H2,1H3. The largest absolute Gasteiger partial charge is 0.243 e. The fourth-order valence-electron chi connectivity index (χ4n) is 2.31. The molecule has 0 saturated carbocycles. The van der Waals surface area contributed by atoms with Crippen molar-refractivity contribution in [2.45, 2.75) is 37.1 Å². The molecular formula is C13H15ClN2O2S. The highest BCUT2D eigenvalue weighted by Crippen LogP contribution is 2.27. The number of nitriles is 1. The van der Waals surface area contributed by atoms with E-state index < -0.39 is 10.0 Å². The highest BCUT2D eigenvalue weighted by molar-refractivity contribution is 7.89. The average Bonchev–Trinajstić information content (AvgIpc) is 2.39. The third-order valence-electron chi connectivity index (χ3n) is 3.41. The molecule has 0 bridgehead atoms. The minimum absolute atomic E-state index is 0.00756. The van der Waals surface area contributed by atoms with Crippen molar-refractivity contribution in [1.29, 1.82) is 5.26 Å². The van der Waals surface area contributed by atoms with Crippen molar-refractivity contribution in [2.75, 3.05) is 6.54 Å². The van der Waals surface area contributed by atoms with Gasteiger partial charge in [-0.05, 0) is 38.0 Å². The lowest BCUT2D eigenvalue weighted by Crippen LogP contribution is -2.41. The third kappa shape index (κ3) is 2.76. The van der Waals surface area contributed by atoms with Gasteiger partial charge in [-0.1, -0.05) is 18.0 Å². The molecule has 6 heteroatoms. The molecule has 1 unspecified atom stereocenters. The first kappa shape index (κ1) is 14.3. The Kier molecular flexibility index (Phi) is 4.14. The van der Waals surface area contributed by atoms with E-state index in [0.29, 0.717) is 6.54 Å². The molecule has 1 heterocycles. The molecule has 1 aliphatic heterocycles. The summed E-state index contributed by atoms with van der Waals surface area (Å²) in [6.07, 6.45) is 2.82. The molecule has 0 aliphatic carbocycles. The molecule has 1 aromatic rings. The van der Waals surface area contributed by atoms with E-state index in [1.165, 1.54) is 22.5 Å². The zero-order valence-corrected chi connectivity index (χ0v) is 12.2. The van der Waals surface area contributed by atoms with E-state index in [0.717, 1.165) is 19.3 Å². The Morgan fingerprint density at radius 2 is 2.16 bits per heavy atom. The van der Waals surface area contributed by atoms with Crippen LogP contribution in [0, 0.1) is 11.3 Å². The molecule has 1 saturated heterocycles. The first-order chi connectivity index (χ1) is 8.96. The van der Waals surface area contributed by atoms with Crippen LogP contribution in [0.5, 0.6) is 0 Å². The average molecular weight is 299 g/mol. The van der Waals surface area contributed by atoms with Crippen molar-refractivity contribution < 1.29 is 8.42 Å². The minimum atomic E-state index is -3.52.